The van der Waals surface area contributed by atoms with Crippen molar-refractivity contribution in [1.82, 2.24) is 10.6 Å². The van der Waals surface area contributed by atoms with E-state index in [-0.39, 0.29) is 44.4 Å². The molecular formula is C22H30N2O7. The number of carbonyl (C=O) groups is 5. The van der Waals surface area contributed by atoms with Gasteiger partial charge in [-0.25, -0.2) is 4.79 Å². The molecule has 0 aliphatic carbocycles. The third kappa shape index (κ3) is 12.1. The minimum Gasteiger partial charge on any atom is -0.481 e. The molecule has 3 N–H and O–H groups in total. The molecule has 0 saturated carbocycles. The van der Waals surface area contributed by atoms with Gasteiger partial charge in [0.25, 0.3) is 0 Å². The van der Waals surface area contributed by atoms with Crippen molar-refractivity contribution in [3.05, 3.63) is 35.9 Å². The van der Waals surface area contributed by atoms with Crippen molar-refractivity contribution in [1.29, 1.82) is 0 Å². The molecule has 1 aromatic rings. The number of ether oxygens (including phenoxy) is 1. The lowest BCUT2D eigenvalue weighted by molar-refractivity contribution is -0.139. The highest BCUT2D eigenvalue weighted by molar-refractivity contribution is 5.92. The fourth-order valence-electron chi connectivity index (χ4n) is 2.59. The maximum Gasteiger partial charge on any atom is 0.408 e. The van der Waals surface area contributed by atoms with E-state index in [0.29, 0.717) is 0 Å². The summed E-state index contributed by atoms with van der Waals surface area (Å²) in [4.78, 5) is 58.9. The van der Waals surface area contributed by atoms with E-state index < -0.39 is 35.4 Å². The zero-order valence-electron chi connectivity index (χ0n) is 18.1. The van der Waals surface area contributed by atoms with E-state index in [2.05, 4.69) is 10.6 Å². The van der Waals surface area contributed by atoms with Crippen LogP contribution in [0.4, 0.5) is 4.79 Å². The van der Waals surface area contributed by atoms with Crippen LogP contribution in [-0.4, -0.2) is 52.8 Å². The van der Waals surface area contributed by atoms with Crippen LogP contribution in [0, 0.1) is 0 Å². The van der Waals surface area contributed by atoms with E-state index in [1.54, 1.807) is 45.0 Å². The summed E-state index contributed by atoms with van der Waals surface area (Å²) in [7, 11) is 0. The van der Waals surface area contributed by atoms with Gasteiger partial charge < -0.3 is 20.5 Å². The van der Waals surface area contributed by atoms with Gasteiger partial charge in [-0.05, 0) is 32.8 Å². The molecule has 0 unspecified atom stereocenters. The number of aliphatic carboxylic acids is 1. The monoisotopic (exact) mass is 434 g/mol. The predicted octanol–water partition coefficient (Wildman–Crippen LogP) is 2.02. The number of carbonyl (C=O) groups excluding carboxylic acids is 4. The summed E-state index contributed by atoms with van der Waals surface area (Å²) in [5.74, 6) is -2.35. The third-order valence-electron chi connectivity index (χ3n) is 4.05. The Labute approximate surface area is 181 Å². The number of ketones is 2. The first-order valence-electron chi connectivity index (χ1n) is 10.0. The largest absolute Gasteiger partial charge is 0.481 e. The normalized spacial score (nSPS) is 11.8. The molecule has 0 radical (unpaired) electrons. The van der Waals surface area contributed by atoms with Crippen molar-refractivity contribution >= 4 is 29.5 Å². The van der Waals surface area contributed by atoms with E-state index in [4.69, 9.17) is 9.84 Å². The predicted molar refractivity (Wildman–Crippen MR) is 112 cm³/mol. The lowest BCUT2D eigenvalue weighted by atomic mass is 9.99. The minimum absolute atomic E-state index is 0.122. The SMILES string of the molecule is CC(C)(C)OC(=O)NCC(=O)CCC(=O)N[C@H](Cc1ccccc1)C(=O)CCC(=O)O. The molecule has 0 saturated heterocycles. The molecule has 1 aromatic carbocycles. The summed E-state index contributed by atoms with van der Waals surface area (Å²) >= 11 is 0. The van der Waals surface area contributed by atoms with Gasteiger partial charge in [-0.15, -0.1) is 0 Å². The number of amides is 2. The van der Waals surface area contributed by atoms with E-state index in [1.807, 2.05) is 6.07 Å². The molecule has 0 aliphatic rings. The Balaban J connectivity index is 2.55. The molecule has 0 bridgehead atoms. The first-order valence-corrected chi connectivity index (χ1v) is 10.0. The highest BCUT2D eigenvalue weighted by Crippen LogP contribution is 2.08. The van der Waals surface area contributed by atoms with Gasteiger partial charge in [0, 0.05) is 19.3 Å². The highest BCUT2D eigenvalue weighted by Gasteiger charge is 2.22. The van der Waals surface area contributed by atoms with E-state index in [9.17, 15) is 24.0 Å². The van der Waals surface area contributed by atoms with Gasteiger partial charge in [-0.1, -0.05) is 30.3 Å². The number of Topliss-reactive ketones (excluding diaryl/α,β-unsaturated/α-hetero) is 2. The van der Waals surface area contributed by atoms with Gasteiger partial charge in [-0.3, -0.25) is 19.2 Å². The summed E-state index contributed by atoms with van der Waals surface area (Å²) in [5.41, 5.74) is 0.127. The zero-order chi connectivity index (χ0) is 23.4. The second-order valence-electron chi connectivity index (χ2n) is 8.06. The molecule has 170 valence electrons. The number of benzene rings is 1. The van der Waals surface area contributed by atoms with Gasteiger partial charge in [0.1, 0.15) is 5.60 Å². The van der Waals surface area contributed by atoms with Crippen molar-refractivity contribution in [2.75, 3.05) is 6.54 Å². The number of carboxylic acid groups (broad SMARTS) is 1. The Morgan fingerprint density at radius 3 is 2.19 bits per heavy atom. The lowest BCUT2D eigenvalue weighted by Crippen LogP contribution is -2.42. The molecule has 0 aliphatic heterocycles. The van der Waals surface area contributed by atoms with E-state index in [0.717, 1.165) is 5.56 Å². The molecule has 0 spiro atoms. The van der Waals surface area contributed by atoms with Crippen LogP contribution in [0.3, 0.4) is 0 Å². The summed E-state index contributed by atoms with van der Waals surface area (Å²) in [5, 5.41) is 13.7. The maximum atomic E-state index is 12.4. The van der Waals surface area contributed by atoms with Crippen molar-refractivity contribution in [3.8, 4) is 0 Å². The Morgan fingerprint density at radius 1 is 0.968 bits per heavy atom. The van der Waals surface area contributed by atoms with Crippen LogP contribution in [0.5, 0.6) is 0 Å². The number of rotatable bonds is 12. The standard InChI is InChI=1S/C22H30N2O7/c1-22(2,3)31-21(30)23-14-16(25)9-11-19(27)24-17(18(26)10-12-20(28)29)13-15-7-5-4-6-8-15/h4-8,17H,9-14H2,1-3H3,(H,23,30)(H,24,27)(H,28,29)/t17-/m1/s1. The van der Waals surface area contributed by atoms with Crippen LogP contribution >= 0.6 is 0 Å². The van der Waals surface area contributed by atoms with Gasteiger partial charge in [-0.2, -0.15) is 0 Å². The quantitative estimate of drug-likeness (QED) is 0.457. The molecule has 0 fully saturated rings. The van der Waals surface area contributed by atoms with Crippen LogP contribution in [0.15, 0.2) is 30.3 Å². The Hall–Kier alpha value is -3.23. The van der Waals surface area contributed by atoms with Crippen molar-refractivity contribution in [2.45, 2.75) is 64.5 Å². The molecule has 0 heterocycles. The van der Waals surface area contributed by atoms with Gasteiger partial charge >= 0.3 is 12.1 Å². The average Bonchev–Trinajstić information content (AvgIpc) is 2.68. The summed E-state index contributed by atoms with van der Waals surface area (Å²) in [6.45, 7) is 4.82. The van der Waals surface area contributed by atoms with E-state index >= 15 is 0 Å². The average molecular weight is 434 g/mol. The Bertz CT molecular complexity index is 785. The van der Waals surface area contributed by atoms with Crippen LogP contribution in [0.1, 0.15) is 52.0 Å². The van der Waals surface area contributed by atoms with Crippen LogP contribution in [0.25, 0.3) is 0 Å². The lowest BCUT2D eigenvalue weighted by Gasteiger charge is -2.19. The second kappa shape index (κ2) is 12.5. The second-order valence-corrected chi connectivity index (χ2v) is 8.06. The number of alkyl carbamates (subject to hydrolysis) is 1. The molecule has 0 aromatic heterocycles. The fraction of sp³-hybridized carbons (Fsp3) is 0.500. The van der Waals surface area contributed by atoms with Crippen LogP contribution in [-0.2, 0) is 30.3 Å². The first kappa shape index (κ1) is 25.8. The maximum absolute atomic E-state index is 12.4. The molecule has 9 heteroatoms. The van der Waals surface area contributed by atoms with Crippen LogP contribution in [0.2, 0.25) is 0 Å². The molecule has 2 amide bonds. The number of hydrogen-bond acceptors (Lipinski definition) is 6. The van der Waals surface area contributed by atoms with Crippen LogP contribution < -0.4 is 10.6 Å². The molecule has 1 atom stereocenters. The molecule has 31 heavy (non-hydrogen) atoms. The minimum atomic E-state index is -1.10. The number of nitrogens with one attached hydrogen (secondary N) is 2. The summed E-state index contributed by atoms with van der Waals surface area (Å²) in [6.07, 6.45) is -1.31. The first-order chi connectivity index (χ1) is 14.5. The summed E-state index contributed by atoms with van der Waals surface area (Å²) in [6, 6.07) is 8.13. The Kier molecular flexibility index (Phi) is 10.4. The van der Waals surface area contributed by atoms with Crippen molar-refractivity contribution < 1.29 is 33.8 Å². The smallest absolute Gasteiger partial charge is 0.408 e. The molecule has 1 rings (SSSR count). The zero-order valence-corrected chi connectivity index (χ0v) is 18.1. The van der Waals surface area contributed by atoms with Gasteiger partial charge in [0.2, 0.25) is 5.91 Å². The van der Waals surface area contributed by atoms with Gasteiger partial charge in [0.05, 0.1) is 19.0 Å². The third-order valence-corrected chi connectivity index (χ3v) is 4.05. The number of carboxylic acids is 1. The Morgan fingerprint density at radius 2 is 1.61 bits per heavy atom. The van der Waals surface area contributed by atoms with Crippen molar-refractivity contribution in [3.63, 3.8) is 0 Å². The molecular weight excluding hydrogens is 404 g/mol. The van der Waals surface area contributed by atoms with E-state index in [1.165, 1.54) is 0 Å². The topological polar surface area (TPSA) is 139 Å². The summed E-state index contributed by atoms with van der Waals surface area (Å²) < 4.78 is 5.03. The fourth-order valence-corrected chi connectivity index (χ4v) is 2.59. The van der Waals surface area contributed by atoms with Crippen molar-refractivity contribution in [2.24, 2.45) is 0 Å². The number of hydrogen-bond donors (Lipinski definition) is 3. The highest BCUT2D eigenvalue weighted by atomic mass is 16.6. The molecule has 9 nitrogen and oxygen atoms in total. The van der Waals surface area contributed by atoms with Gasteiger partial charge in [0.15, 0.2) is 11.6 Å².